The highest BCUT2D eigenvalue weighted by Gasteiger charge is 2.12. The number of ether oxygens (including phenoxy) is 4. The lowest BCUT2D eigenvalue weighted by molar-refractivity contribution is 0.0418. The van der Waals surface area contributed by atoms with Crippen LogP contribution in [0.4, 0.5) is 0 Å². The number of esters is 2. The van der Waals surface area contributed by atoms with Crippen molar-refractivity contribution in [1.29, 1.82) is 0 Å². The van der Waals surface area contributed by atoms with Crippen molar-refractivity contribution in [3.63, 3.8) is 0 Å². The van der Waals surface area contributed by atoms with Gasteiger partial charge >= 0.3 is 11.9 Å². The third-order valence-corrected chi connectivity index (χ3v) is 2.44. The van der Waals surface area contributed by atoms with E-state index in [1.807, 2.05) is 0 Å². The first-order valence-electron chi connectivity index (χ1n) is 6.58. The average Bonchev–Trinajstić information content (AvgIpc) is 2.55. The van der Waals surface area contributed by atoms with Crippen LogP contribution in [0.15, 0.2) is 49.9 Å². The Kier molecular flexibility index (Phi) is 7.89. The van der Waals surface area contributed by atoms with Crippen molar-refractivity contribution in [2.24, 2.45) is 0 Å². The maximum Gasteiger partial charge on any atom is 0.338 e. The zero-order valence-electron chi connectivity index (χ0n) is 12.2. The number of carbonyl (C=O) groups is 2. The van der Waals surface area contributed by atoms with Crippen LogP contribution < -0.4 is 0 Å². The highest BCUT2D eigenvalue weighted by molar-refractivity contribution is 5.95. The summed E-state index contributed by atoms with van der Waals surface area (Å²) in [5.74, 6) is -1.09. The molecule has 1 aromatic rings. The molecule has 0 aliphatic heterocycles. The Bertz CT molecular complexity index is 480. The highest BCUT2D eigenvalue weighted by atomic mass is 16.6. The van der Waals surface area contributed by atoms with E-state index in [-0.39, 0.29) is 37.6 Å². The molecule has 0 heterocycles. The van der Waals surface area contributed by atoms with Gasteiger partial charge < -0.3 is 18.9 Å². The molecule has 0 aliphatic carbocycles. The molecule has 0 N–H and O–H groups in total. The van der Waals surface area contributed by atoms with E-state index in [0.717, 1.165) is 0 Å². The molecule has 0 fully saturated rings. The van der Waals surface area contributed by atoms with Crippen molar-refractivity contribution >= 4 is 11.9 Å². The van der Waals surface area contributed by atoms with Gasteiger partial charge in [-0.25, -0.2) is 9.59 Å². The van der Waals surface area contributed by atoms with Crippen molar-refractivity contribution in [3.05, 3.63) is 61.1 Å². The number of carbonyl (C=O) groups excluding carboxylic acids is 2. The van der Waals surface area contributed by atoms with E-state index in [9.17, 15) is 9.59 Å². The average molecular weight is 306 g/mol. The van der Waals surface area contributed by atoms with E-state index >= 15 is 0 Å². The van der Waals surface area contributed by atoms with Crippen LogP contribution in [-0.2, 0) is 18.9 Å². The predicted octanol–water partition coefficient (Wildman–Crippen LogP) is 2.32. The van der Waals surface area contributed by atoms with Crippen LogP contribution in [0, 0.1) is 0 Å². The molecule has 0 aliphatic rings. The lowest BCUT2D eigenvalue weighted by Gasteiger charge is -2.07. The molecular formula is C16H18O6. The molecule has 0 amide bonds. The van der Waals surface area contributed by atoms with Gasteiger partial charge in [0.15, 0.2) is 0 Å². The van der Waals surface area contributed by atoms with Gasteiger partial charge in [0.1, 0.15) is 26.4 Å². The van der Waals surface area contributed by atoms with Crippen LogP contribution in [0.5, 0.6) is 0 Å². The zero-order chi connectivity index (χ0) is 16.2. The second-order valence-electron chi connectivity index (χ2n) is 3.93. The molecule has 0 aromatic heterocycles. The summed E-state index contributed by atoms with van der Waals surface area (Å²) in [6, 6.07) is 6.09. The van der Waals surface area contributed by atoms with Gasteiger partial charge in [-0.15, -0.1) is 0 Å². The first kappa shape index (κ1) is 17.3. The van der Waals surface area contributed by atoms with Crippen molar-refractivity contribution < 1.29 is 28.5 Å². The number of rotatable bonds is 10. The number of benzene rings is 1. The van der Waals surface area contributed by atoms with E-state index in [0.29, 0.717) is 0 Å². The molecule has 1 aromatic carbocycles. The first-order chi connectivity index (χ1) is 10.7. The fourth-order valence-corrected chi connectivity index (χ4v) is 1.47. The van der Waals surface area contributed by atoms with Gasteiger partial charge in [0.2, 0.25) is 0 Å². The standard InChI is InChI=1S/C16H18O6/c1-3-19-8-10-21-15(17)13-6-5-7-14(12-13)16(18)22-11-9-20-4-2/h3-7,12H,1-2,8-11H2. The summed E-state index contributed by atoms with van der Waals surface area (Å²) in [6.07, 6.45) is 2.53. The molecule has 0 unspecified atom stereocenters. The van der Waals surface area contributed by atoms with Gasteiger partial charge in [0.25, 0.3) is 0 Å². The maximum atomic E-state index is 11.8. The van der Waals surface area contributed by atoms with Crippen LogP contribution in [-0.4, -0.2) is 38.4 Å². The first-order valence-corrected chi connectivity index (χ1v) is 6.58. The lowest BCUT2D eigenvalue weighted by Crippen LogP contribution is -2.12. The van der Waals surface area contributed by atoms with Gasteiger partial charge in [0.05, 0.1) is 23.7 Å². The second-order valence-corrected chi connectivity index (χ2v) is 3.93. The third-order valence-electron chi connectivity index (χ3n) is 2.44. The Morgan fingerprint density at radius 1 is 0.864 bits per heavy atom. The van der Waals surface area contributed by atoms with E-state index in [4.69, 9.17) is 18.9 Å². The van der Waals surface area contributed by atoms with Crippen LogP contribution in [0.25, 0.3) is 0 Å². The topological polar surface area (TPSA) is 71.1 Å². The molecule has 6 nitrogen and oxygen atoms in total. The Morgan fingerprint density at radius 3 is 1.73 bits per heavy atom. The Morgan fingerprint density at radius 2 is 1.32 bits per heavy atom. The summed E-state index contributed by atoms with van der Waals surface area (Å²) in [5.41, 5.74) is 0.519. The summed E-state index contributed by atoms with van der Waals surface area (Å²) in [5, 5.41) is 0. The summed E-state index contributed by atoms with van der Waals surface area (Å²) >= 11 is 0. The van der Waals surface area contributed by atoms with Gasteiger partial charge in [-0.3, -0.25) is 0 Å². The quantitative estimate of drug-likeness (QED) is 0.375. The van der Waals surface area contributed by atoms with Crippen LogP contribution in [0.2, 0.25) is 0 Å². The van der Waals surface area contributed by atoms with Gasteiger partial charge in [-0.05, 0) is 18.2 Å². The molecule has 118 valence electrons. The number of hydrogen-bond donors (Lipinski definition) is 0. The maximum absolute atomic E-state index is 11.8. The minimum Gasteiger partial charge on any atom is -0.498 e. The molecule has 1 rings (SSSR count). The SMILES string of the molecule is C=COCCOC(=O)c1cccc(C(=O)OCCOC=C)c1. The Hall–Kier alpha value is -2.76. The number of hydrogen-bond acceptors (Lipinski definition) is 6. The minimum atomic E-state index is -0.544. The Labute approximate surface area is 128 Å². The van der Waals surface area contributed by atoms with Gasteiger partial charge in [0, 0.05) is 0 Å². The Balaban J connectivity index is 2.53. The van der Waals surface area contributed by atoms with Gasteiger partial charge in [-0.1, -0.05) is 19.2 Å². The van der Waals surface area contributed by atoms with Crippen LogP contribution in [0.3, 0.4) is 0 Å². The summed E-state index contributed by atoms with van der Waals surface area (Å²) in [7, 11) is 0. The largest absolute Gasteiger partial charge is 0.498 e. The van der Waals surface area contributed by atoms with Crippen molar-refractivity contribution in [2.75, 3.05) is 26.4 Å². The summed E-state index contributed by atoms with van der Waals surface area (Å²) < 4.78 is 19.6. The summed E-state index contributed by atoms with van der Waals surface area (Å²) in [4.78, 5) is 23.6. The van der Waals surface area contributed by atoms with E-state index < -0.39 is 11.9 Å². The monoisotopic (exact) mass is 306 g/mol. The second kappa shape index (κ2) is 10.0. The molecule has 22 heavy (non-hydrogen) atoms. The predicted molar refractivity (Wildman–Crippen MR) is 79.3 cm³/mol. The van der Waals surface area contributed by atoms with Crippen molar-refractivity contribution in [3.8, 4) is 0 Å². The van der Waals surface area contributed by atoms with Crippen LogP contribution >= 0.6 is 0 Å². The minimum absolute atomic E-state index is 0.0957. The molecular weight excluding hydrogens is 288 g/mol. The van der Waals surface area contributed by atoms with Crippen molar-refractivity contribution in [1.82, 2.24) is 0 Å². The molecule has 0 spiro atoms. The molecule has 0 bridgehead atoms. The third kappa shape index (κ3) is 6.13. The smallest absolute Gasteiger partial charge is 0.338 e. The molecule has 0 atom stereocenters. The van der Waals surface area contributed by atoms with E-state index in [2.05, 4.69) is 13.2 Å². The highest BCUT2D eigenvalue weighted by Crippen LogP contribution is 2.08. The molecule has 0 radical (unpaired) electrons. The normalized spacial score (nSPS) is 9.45. The van der Waals surface area contributed by atoms with E-state index in [1.165, 1.54) is 18.6 Å². The van der Waals surface area contributed by atoms with E-state index in [1.54, 1.807) is 18.2 Å². The molecule has 0 saturated carbocycles. The fourth-order valence-electron chi connectivity index (χ4n) is 1.47. The lowest BCUT2D eigenvalue weighted by atomic mass is 10.1. The molecule has 6 heteroatoms. The van der Waals surface area contributed by atoms with Crippen molar-refractivity contribution in [2.45, 2.75) is 0 Å². The zero-order valence-corrected chi connectivity index (χ0v) is 12.2. The fraction of sp³-hybridized carbons (Fsp3) is 0.250. The summed E-state index contributed by atoms with van der Waals surface area (Å²) in [6.45, 7) is 7.38. The van der Waals surface area contributed by atoms with Crippen LogP contribution in [0.1, 0.15) is 20.7 Å². The molecule has 0 saturated heterocycles. The van der Waals surface area contributed by atoms with Gasteiger partial charge in [-0.2, -0.15) is 0 Å².